The molecule has 0 saturated heterocycles. The Morgan fingerprint density at radius 1 is 0.952 bits per heavy atom. The molecule has 0 heterocycles. The van der Waals surface area contributed by atoms with Crippen LogP contribution in [0.4, 0.5) is 35.9 Å². The van der Waals surface area contributed by atoms with Crippen LogP contribution in [0.25, 0.3) is 0 Å². The molecule has 0 aliphatic heterocycles. The van der Waals surface area contributed by atoms with Crippen molar-refractivity contribution < 1.29 is 18.1 Å². The van der Waals surface area contributed by atoms with Crippen LogP contribution in [0.1, 0.15) is 0 Å². The summed E-state index contributed by atoms with van der Waals surface area (Å²) in [5.74, 6) is -3.54. The number of non-ortho nitro benzene ring substituents is 1. The maximum absolute atomic E-state index is 13.5. The van der Waals surface area contributed by atoms with Crippen molar-refractivity contribution in [3.8, 4) is 0 Å². The molecule has 0 radical (unpaired) electrons. The van der Waals surface area contributed by atoms with Gasteiger partial charge in [0.05, 0.1) is 10.6 Å². The molecule has 21 heavy (non-hydrogen) atoms. The van der Waals surface area contributed by atoms with Gasteiger partial charge in [0.15, 0.2) is 11.6 Å². The summed E-state index contributed by atoms with van der Waals surface area (Å²) in [6.07, 6.45) is 0. The van der Waals surface area contributed by atoms with Gasteiger partial charge in [-0.05, 0) is 6.07 Å². The van der Waals surface area contributed by atoms with Gasteiger partial charge >= 0.3 is 0 Å². The number of rotatable bonds is 4. The van der Waals surface area contributed by atoms with Crippen LogP contribution in [0, 0.1) is 27.6 Å². The predicted molar refractivity (Wildman–Crippen MR) is 72.2 cm³/mol. The average Bonchev–Trinajstić information content (AvgIpc) is 2.44. The van der Waals surface area contributed by atoms with E-state index in [2.05, 4.69) is 10.6 Å². The zero-order valence-corrected chi connectivity index (χ0v) is 10.8. The fourth-order valence-corrected chi connectivity index (χ4v) is 1.71. The van der Waals surface area contributed by atoms with Crippen molar-refractivity contribution in [1.82, 2.24) is 0 Å². The highest BCUT2D eigenvalue weighted by molar-refractivity contribution is 5.69. The third kappa shape index (κ3) is 3.22. The lowest BCUT2D eigenvalue weighted by Gasteiger charge is -2.10. The third-order valence-electron chi connectivity index (χ3n) is 2.71. The van der Waals surface area contributed by atoms with Crippen LogP contribution in [-0.2, 0) is 0 Å². The van der Waals surface area contributed by atoms with Gasteiger partial charge in [-0.3, -0.25) is 10.1 Å². The van der Waals surface area contributed by atoms with E-state index in [4.69, 9.17) is 0 Å². The average molecular weight is 297 g/mol. The minimum Gasteiger partial charge on any atom is -0.388 e. The van der Waals surface area contributed by atoms with Gasteiger partial charge in [0.1, 0.15) is 5.82 Å². The molecule has 0 aliphatic rings. The molecule has 2 N–H and O–H groups in total. The van der Waals surface area contributed by atoms with Crippen molar-refractivity contribution in [3.63, 3.8) is 0 Å². The molecule has 2 rings (SSSR count). The van der Waals surface area contributed by atoms with Crippen LogP contribution < -0.4 is 10.6 Å². The Labute approximate surface area is 117 Å². The number of nitrogens with one attached hydrogen (secondary N) is 2. The van der Waals surface area contributed by atoms with E-state index in [1.54, 1.807) is 7.05 Å². The van der Waals surface area contributed by atoms with E-state index in [-0.39, 0.29) is 17.1 Å². The van der Waals surface area contributed by atoms with E-state index in [1.807, 2.05) is 0 Å². The second kappa shape index (κ2) is 5.70. The van der Waals surface area contributed by atoms with E-state index >= 15 is 0 Å². The van der Waals surface area contributed by atoms with Crippen molar-refractivity contribution in [2.24, 2.45) is 0 Å². The zero-order valence-electron chi connectivity index (χ0n) is 10.8. The summed E-state index contributed by atoms with van der Waals surface area (Å²) < 4.78 is 39.5. The predicted octanol–water partition coefficient (Wildman–Crippen LogP) is 3.80. The highest BCUT2D eigenvalue weighted by Gasteiger charge is 2.13. The zero-order chi connectivity index (χ0) is 15.6. The molecular formula is C13H10F3N3O2. The molecule has 0 aliphatic carbocycles. The molecule has 0 fully saturated rings. The van der Waals surface area contributed by atoms with Crippen molar-refractivity contribution >= 4 is 22.7 Å². The first-order valence-corrected chi connectivity index (χ1v) is 5.79. The van der Waals surface area contributed by atoms with Crippen molar-refractivity contribution in [2.75, 3.05) is 17.7 Å². The van der Waals surface area contributed by atoms with E-state index in [9.17, 15) is 23.3 Å². The number of nitrogens with zero attached hydrogens (tertiary/aromatic N) is 1. The van der Waals surface area contributed by atoms with E-state index in [0.717, 1.165) is 6.07 Å². The van der Waals surface area contributed by atoms with Crippen LogP contribution in [0.3, 0.4) is 0 Å². The monoisotopic (exact) mass is 297 g/mol. The van der Waals surface area contributed by atoms with Gasteiger partial charge in [0.2, 0.25) is 0 Å². The van der Waals surface area contributed by atoms with Crippen LogP contribution in [0.5, 0.6) is 0 Å². The number of anilines is 3. The number of hydrogen-bond donors (Lipinski definition) is 2. The van der Waals surface area contributed by atoms with Gasteiger partial charge < -0.3 is 10.6 Å². The Morgan fingerprint density at radius 2 is 1.57 bits per heavy atom. The Balaban J connectivity index is 2.41. The van der Waals surface area contributed by atoms with Crippen LogP contribution in [0.15, 0.2) is 30.3 Å². The number of halogens is 3. The summed E-state index contributed by atoms with van der Waals surface area (Å²) in [4.78, 5) is 10.2. The molecule has 0 saturated carbocycles. The first kappa shape index (κ1) is 14.6. The minimum absolute atomic E-state index is 0.165. The summed E-state index contributed by atoms with van der Waals surface area (Å²) in [6, 6.07) is 4.94. The molecule has 5 nitrogen and oxygen atoms in total. The first-order valence-electron chi connectivity index (χ1n) is 5.79. The maximum Gasteiger partial charge on any atom is 0.273 e. The topological polar surface area (TPSA) is 67.2 Å². The van der Waals surface area contributed by atoms with Gasteiger partial charge in [-0.1, -0.05) is 0 Å². The first-order chi connectivity index (χ1) is 9.90. The van der Waals surface area contributed by atoms with Crippen molar-refractivity contribution in [3.05, 3.63) is 57.9 Å². The Morgan fingerprint density at radius 3 is 2.19 bits per heavy atom. The molecule has 0 spiro atoms. The van der Waals surface area contributed by atoms with Gasteiger partial charge in [-0.2, -0.15) is 0 Å². The van der Waals surface area contributed by atoms with Crippen molar-refractivity contribution in [1.29, 1.82) is 0 Å². The minimum atomic E-state index is -1.31. The normalized spacial score (nSPS) is 10.3. The molecule has 0 unspecified atom stereocenters. The molecule has 0 atom stereocenters. The lowest BCUT2D eigenvalue weighted by atomic mass is 10.2. The maximum atomic E-state index is 13.5. The molecule has 2 aromatic carbocycles. The van der Waals surface area contributed by atoms with Crippen LogP contribution in [-0.4, -0.2) is 12.0 Å². The summed E-state index contributed by atoms with van der Waals surface area (Å²) in [5, 5.41) is 16.0. The molecule has 8 heteroatoms. The molecule has 0 aromatic heterocycles. The summed E-state index contributed by atoms with van der Waals surface area (Å²) in [7, 11) is 1.56. The van der Waals surface area contributed by atoms with E-state index < -0.39 is 22.4 Å². The highest BCUT2D eigenvalue weighted by atomic mass is 19.2. The molecule has 110 valence electrons. The molecule has 0 amide bonds. The highest BCUT2D eigenvalue weighted by Crippen LogP contribution is 2.28. The fourth-order valence-electron chi connectivity index (χ4n) is 1.71. The number of hydrogen-bond acceptors (Lipinski definition) is 4. The Hall–Kier alpha value is -2.77. The van der Waals surface area contributed by atoms with Crippen LogP contribution in [0.2, 0.25) is 0 Å². The lowest BCUT2D eigenvalue weighted by molar-refractivity contribution is -0.384. The second-order valence-electron chi connectivity index (χ2n) is 4.15. The molecular weight excluding hydrogens is 287 g/mol. The Kier molecular flexibility index (Phi) is 3.97. The van der Waals surface area contributed by atoms with Crippen LogP contribution >= 0.6 is 0 Å². The van der Waals surface area contributed by atoms with E-state index in [1.165, 1.54) is 12.1 Å². The number of nitro benzene ring substituents is 1. The van der Waals surface area contributed by atoms with Crippen molar-refractivity contribution in [2.45, 2.75) is 0 Å². The SMILES string of the molecule is CNc1cc(Nc2cc(F)c(F)cc2F)cc([N+](=O)[O-])c1. The molecule has 0 bridgehead atoms. The third-order valence-corrected chi connectivity index (χ3v) is 2.71. The lowest BCUT2D eigenvalue weighted by Crippen LogP contribution is -1.99. The Bertz CT molecular complexity index is 707. The summed E-state index contributed by atoms with van der Waals surface area (Å²) >= 11 is 0. The number of nitro groups is 1. The quantitative estimate of drug-likeness (QED) is 0.512. The summed E-state index contributed by atoms with van der Waals surface area (Å²) in [6.45, 7) is 0. The van der Waals surface area contributed by atoms with Gasteiger partial charge in [-0.25, -0.2) is 13.2 Å². The smallest absolute Gasteiger partial charge is 0.273 e. The number of benzene rings is 2. The van der Waals surface area contributed by atoms with E-state index in [0.29, 0.717) is 17.8 Å². The van der Waals surface area contributed by atoms with Gasteiger partial charge in [0.25, 0.3) is 5.69 Å². The fraction of sp³-hybridized carbons (Fsp3) is 0.0769. The standard InChI is InChI=1S/C13H10F3N3O2/c1-17-7-2-8(4-9(3-7)19(20)21)18-13-6-11(15)10(14)5-12(13)16/h2-6,17-18H,1H3. The second-order valence-corrected chi connectivity index (χ2v) is 4.15. The van der Waals surface area contributed by atoms with Gasteiger partial charge in [-0.15, -0.1) is 0 Å². The molecule has 2 aromatic rings. The summed E-state index contributed by atoms with van der Waals surface area (Å²) in [5.41, 5.74) is 0.0249. The van der Waals surface area contributed by atoms with Gasteiger partial charge in [0, 0.05) is 42.7 Å². The largest absolute Gasteiger partial charge is 0.388 e.